The van der Waals surface area contributed by atoms with Crippen LogP contribution in [-0.2, 0) is 6.42 Å². The number of carbonyl (C=O) groups excluding carboxylic acids is 2. The Bertz CT molecular complexity index is 1490. The summed E-state index contributed by atoms with van der Waals surface area (Å²) in [7, 11) is 1.50. The number of thiazole rings is 1. The van der Waals surface area contributed by atoms with E-state index >= 15 is 0 Å². The number of rotatable bonds is 7. The van der Waals surface area contributed by atoms with E-state index in [9.17, 15) is 14.4 Å². The standard InChI is InChI=1S/C26H26N4O4S/c1-5-9-17-14-21(31)30-22(24(32)29-19-11-6-7-13-20(19)34-4)23(35-26(30)27-17)25(33)28-18-12-8-10-15(2)16(18)3/h6-8,10-14H,5,9H2,1-4H3,(H,28,33)(H,29,32). The van der Waals surface area contributed by atoms with E-state index in [4.69, 9.17) is 4.74 Å². The molecule has 0 bridgehead atoms. The number of benzene rings is 2. The van der Waals surface area contributed by atoms with E-state index in [1.165, 1.54) is 17.6 Å². The van der Waals surface area contributed by atoms with Gasteiger partial charge in [-0.05, 0) is 49.6 Å². The van der Waals surface area contributed by atoms with Crippen molar-refractivity contribution < 1.29 is 14.3 Å². The number of carbonyl (C=O) groups is 2. The Kier molecular flexibility index (Phi) is 6.97. The average molecular weight is 491 g/mol. The Morgan fingerprint density at radius 1 is 1.03 bits per heavy atom. The summed E-state index contributed by atoms with van der Waals surface area (Å²) in [4.78, 5) is 44.9. The molecule has 9 heteroatoms. The number of nitrogens with one attached hydrogen (secondary N) is 2. The van der Waals surface area contributed by atoms with Crippen LogP contribution in [0.3, 0.4) is 0 Å². The van der Waals surface area contributed by atoms with E-state index in [1.54, 1.807) is 30.3 Å². The Labute approximate surface area is 206 Å². The van der Waals surface area contributed by atoms with Crippen LogP contribution in [0.15, 0.2) is 53.3 Å². The van der Waals surface area contributed by atoms with Gasteiger partial charge in [-0.15, -0.1) is 0 Å². The number of nitrogens with zero attached hydrogens (tertiary/aromatic N) is 2. The maximum absolute atomic E-state index is 13.5. The van der Waals surface area contributed by atoms with Gasteiger partial charge in [0.1, 0.15) is 16.3 Å². The Morgan fingerprint density at radius 3 is 2.49 bits per heavy atom. The van der Waals surface area contributed by atoms with Crippen LogP contribution in [0.1, 0.15) is 50.3 Å². The summed E-state index contributed by atoms with van der Waals surface area (Å²) < 4.78 is 6.53. The van der Waals surface area contributed by atoms with Crippen molar-refractivity contribution in [2.75, 3.05) is 17.7 Å². The predicted molar refractivity (Wildman–Crippen MR) is 138 cm³/mol. The zero-order chi connectivity index (χ0) is 25.1. The molecule has 0 aliphatic heterocycles. The lowest BCUT2D eigenvalue weighted by Crippen LogP contribution is -2.25. The first-order valence-corrected chi connectivity index (χ1v) is 12.0. The number of hydrogen-bond donors (Lipinski definition) is 2. The van der Waals surface area contributed by atoms with Gasteiger partial charge in [-0.2, -0.15) is 0 Å². The molecular formula is C26H26N4O4S. The monoisotopic (exact) mass is 490 g/mol. The summed E-state index contributed by atoms with van der Waals surface area (Å²) >= 11 is 1.01. The predicted octanol–water partition coefficient (Wildman–Crippen LogP) is 4.84. The minimum absolute atomic E-state index is 0.0701. The fraction of sp³-hybridized carbons (Fsp3) is 0.231. The van der Waals surface area contributed by atoms with Crippen molar-refractivity contribution in [3.05, 3.63) is 86.3 Å². The van der Waals surface area contributed by atoms with Crippen LogP contribution in [0.25, 0.3) is 4.96 Å². The highest BCUT2D eigenvalue weighted by Gasteiger charge is 2.27. The van der Waals surface area contributed by atoms with Crippen molar-refractivity contribution in [3.63, 3.8) is 0 Å². The zero-order valence-corrected chi connectivity index (χ0v) is 20.8. The summed E-state index contributed by atoms with van der Waals surface area (Å²) in [6, 6.07) is 13.9. The fourth-order valence-corrected chi connectivity index (χ4v) is 4.80. The third kappa shape index (κ3) is 4.81. The van der Waals surface area contributed by atoms with Crippen LogP contribution in [0, 0.1) is 13.8 Å². The van der Waals surface area contributed by atoms with Crippen LogP contribution in [0.4, 0.5) is 11.4 Å². The van der Waals surface area contributed by atoms with E-state index in [0.717, 1.165) is 28.9 Å². The molecule has 35 heavy (non-hydrogen) atoms. The average Bonchev–Trinajstić information content (AvgIpc) is 3.23. The van der Waals surface area contributed by atoms with Crippen LogP contribution in [0.2, 0.25) is 0 Å². The second-order valence-electron chi connectivity index (χ2n) is 8.09. The number of methoxy groups -OCH3 is 1. The molecule has 0 saturated carbocycles. The van der Waals surface area contributed by atoms with Gasteiger partial charge in [-0.1, -0.05) is 48.9 Å². The number of aromatic nitrogens is 2. The number of para-hydroxylation sites is 2. The topological polar surface area (TPSA) is 102 Å². The third-order valence-corrected chi connectivity index (χ3v) is 6.75. The molecule has 0 aliphatic carbocycles. The molecule has 0 unspecified atom stereocenters. The quantitative estimate of drug-likeness (QED) is 0.386. The van der Waals surface area contributed by atoms with E-state index < -0.39 is 17.4 Å². The van der Waals surface area contributed by atoms with Gasteiger partial charge in [-0.3, -0.25) is 14.4 Å². The highest BCUT2D eigenvalue weighted by Crippen LogP contribution is 2.28. The molecule has 0 radical (unpaired) electrons. The Morgan fingerprint density at radius 2 is 1.74 bits per heavy atom. The Hall–Kier alpha value is -3.98. The molecule has 0 saturated heterocycles. The number of amides is 2. The van der Waals surface area contributed by atoms with Crippen molar-refractivity contribution in [2.24, 2.45) is 0 Å². The molecule has 2 heterocycles. The van der Waals surface area contributed by atoms with Crippen molar-refractivity contribution >= 4 is 39.5 Å². The second kappa shape index (κ2) is 10.1. The summed E-state index contributed by atoms with van der Waals surface area (Å²) in [5, 5.41) is 5.67. The molecule has 8 nitrogen and oxygen atoms in total. The van der Waals surface area contributed by atoms with E-state index in [-0.39, 0.29) is 15.5 Å². The van der Waals surface area contributed by atoms with Crippen molar-refractivity contribution in [1.29, 1.82) is 0 Å². The normalized spacial score (nSPS) is 10.9. The number of anilines is 2. The first kappa shape index (κ1) is 24.2. The molecule has 2 aromatic carbocycles. The zero-order valence-electron chi connectivity index (χ0n) is 20.0. The maximum Gasteiger partial charge on any atom is 0.274 e. The molecule has 180 valence electrons. The first-order chi connectivity index (χ1) is 16.8. The third-order valence-electron chi connectivity index (χ3n) is 5.71. The van der Waals surface area contributed by atoms with Gasteiger partial charge in [0.2, 0.25) is 0 Å². The van der Waals surface area contributed by atoms with Gasteiger partial charge < -0.3 is 15.4 Å². The lowest BCUT2D eigenvalue weighted by Gasteiger charge is -2.12. The van der Waals surface area contributed by atoms with Gasteiger partial charge in [0.05, 0.1) is 12.8 Å². The van der Waals surface area contributed by atoms with Gasteiger partial charge >= 0.3 is 0 Å². The SMILES string of the molecule is CCCc1cc(=O)n2c(C(=O)Nc3ccccc3OC)c(C(=O)Nc3cccc(C)c3C)sc2n1. The maximum atomic E-state index is 13.5. The van der Waals surface area contributed by atoms with E-state index in [0.29, 0.717) is 29.2 Å². The molecule has 0 spiro atoms. The van der Waals surface area contributed by atoms with Crippen LogP contribution in [-0.4, -0.2) is 28.3 Å². The van der Waals surface area contributed by atoms with Gasteiger partial charge in [0.15, 0.2) is 4.96 Å². The molecule has 2 N–H and O–H groups in total. The lowest BCUT2D eigenvalue weighted by molar-refractivity contribution is 0.0989. The van der Waals surface area contributed by atoms with Crippen molar-refractivity contribution in [3.8, 4) is 5.75 Å². The van der Waals surface area contributed by atoms with Crippen LogP contribution in [0.5, 0.6) is 5.75 Å². The minimum atomic E-state index is -0.612. The minimum Gasteiger partial charge on any atom is -0.495 e. The molecule has 0 aliphatic rings. The van der Waals surface area contributed by atoms with E-state index in [1.807, 2.05) is 32.9 Å². The first-order valence-electron chi connectivity index (χ1n) is 11.2. The van der Waals surface area contributed by atoms with Crippen LogP contribution < -0.4 is 20.9 Å². The van der Waals surface area contributed by atoms with Gasteiger partial charge in [0.25, 0.3) is 17.4 Å². The van der Waals surface area contributed by atoms with E-state index in [2.05, 4.69) is 15.6 Å². The van der Waals surface area contributed by atoms with Gasteiger partial charge in [0, 0.05) is 17.4 Å². The number of hydrogen-bond acceptors (Lipinski definition) is 6. The highest BCUT2D eigenvalue weighted by atomic mass is 32.1. The molecule has 2 aromatic heterocycles. The summed E-state index contributed by atoms with van der Waals surface area (Å²) in [5.41, 5.74) is 3.14. The number of aryl methyl sites for hydroxylation is 2. The molecule has 2 amide bonds. The lowest BCUT2D eigenvalue weighted by atomic mass is 10.1. The largest absolute Gasteiger partial charge is 0.495 e. The molecule has 4 rings (SSSR count). The molecule has 0 fully saturated rings. The summed E-state index contributed by atoms with van der Waals surface area (Å²) in [5.74, 6) is -0.646. The number of ether oxygens (including phenoxy) is 1. The highest BCUT2D eigenvalue weighted by molar-refractivity contribution is 7.19. The van der Waals surface area contributed by atoms with Crippen LogP contribution >= 0.6 is 11.3 Å². The molecule has 4 aromatic rings. The Balaban J connectivity index is 1.84. The summed E-state index contributed by atoms with van der Waals surface area (Å²) in [6.07, 6.45) is 1.44. The molecular weight excluding hydrogens is 464 g/mol. The fourth-order valence-electron chi connectivity index (χ4n) is 3.76. The smallest absolute Gasteiger partial charge is 0.274 e. The van der Waals surface area contributed by atoms with Gasteiger partial charge in [-0.25, -0.2) is 9.38 Å². The number of fused-ring (bicyclic) bond motifs is 1. The van der Waals surface area contributed by atoms with Crippen molar-refractivity contribution in [2.45, 2.75) is 33.6 Å². The van der Waals surface area contributed by atoms with Crippen molar-refractivity contribution in [1.82, 2.24) is 9.38 Å². The molecule has 0 atom stereocenters. The summed E-state index contributed by atoms with van der Waals surface area (Å²) in [6.45, 7) is 5.86. The second-order valence-corrected chi connectivity index (χ2v) is 9.07.